The Labute approximate surface area is 95.1 Å². The zero-order valence-electron chi connectivity index (χ0n) is 10.0. The fourth-order valence-corrected chi connectivity index (χ4v) is 1.29. The highest BCUT2D eigenvalue weighted by molar-refractivity contribution is 5.99. The summed E-state index contributed by atoms with van der Waals surface area (Å²) in [6, 6.07) is 0. The molecule has 0 radical (unpaired) electrons. The van der Waals surface area contributed by atoms with Gasteiger partial charge in [0.1, 0.15) is 0 Å². The minimum absolute atomic E-state index is 0.0984. The molecule has 0 aliphatic heterocycles. The molecule has 5 heteroatoms. The second-order valence-corrected chi connectivity index (χ2v) is 3.57. The van der Waals surface area contributed by atoms with E-state index in [0.717, 1.165) is 0 Å². The Morgan fingerprint density at radius 2 is 1.56 bits per heavy atom. The predicted molar refractivity (Wildman–Crippen MR) is 56.6 cm³/mol. The Morgan fingerprint density at radius 1 is 1.12 bits per heavy atom. The van der Waals surface area contributed by atoms with Crippen LogP contribution in [0.15, 0.2) is 0 Å². The maximum Gasteiger partial charge on any atom is 0.323 e. The normalized spacial score (nSPS) is 11.0. The van der Waals surface area contributed by atoms with E-state index < -0.39 is 24.0 Å². The maximum atomic E-state index is 12.1. The third-order valence-electron chi connectivity index (χ3n) is 2.26. The molecule has 0 spiro atoms. The van der Waals surface area contributed by atoms with Gasteiger partial charge < -0.3 is 9.47 Å². The molecule has 0 aliphatic carbocycles. The third-order valence-corrected chi connectivity index (χ3v) is 2.26. The summed E-state index contributed by atoms with van der Waals surface area (Å²) in [6.07, 6.45) is 0.231. The SMILES string of the molecule is CCOC(=O)C(C)(CCCF)C(=O)OCC. The molecule has 0 aliphatic rings. The van der Waals surface area contributed by atoms with E-state index in [2.05, 4.69) is 0 Å². The molecular weight excluding hydrogens is 215 g/mol. The molecule has 0 heterocycles. The Balaban J connectivity index is 4.71. The monoisotopic (exact) mass is 234 g/mol. The number of hydrogen-bond acceptors (Lipinski definition) is 4. The molecule has 0 amide bonds. The molecule has 0 saturated carbocycles. The average Bonchev–Trinajstić information content (AvgIpc) is 2.26. The smallest absolute Gasteiger partial charge is 0.323 e. The fourth-order valence-electron chi connectivity index (χ4n) is 1.29. The van der Waals surface area contributed by atoms with Crippen molar-refractivity contribution in [1.29, 1.82) is 0 Å². The number of alkyl halides is 1. The predicted octanol–water partition coefficient (Wildman–Crippen LogP) is 1.87. The van der Waals surface area contributed by atoms with Crippen molar-refractivity contribution in [3.63, 3.8) is 0 Å². The third kappa shape index (κ3) is 3.79. The van der Waals surface area contributed by atoms with Crippen LogP contribution < -0.4 is 0 Å². The summed E-state index contributed by atoms with van der Waals surface area (Å²) in [5.41, 5.74) is -1.39. The van der Waals surface area contributed by atoms with E-state index in [-0.39, 0.29) is 26.1 Å². The van der Waals surface area contributed by atoms with E-state index in [1.807, 2.05) is 0 Å². The van der Waals surface area contributed by atoms with Crippen LogP contribution in [0.25, 0.3) is 0 Å². The Kier molecular flexibility index (Phi) is 6.69. The van der Waals surface area contributed by atoms with Gasteiger partial charge >= 0.3 is 11.9 Å². The van der Waals surface area contributed by atoms with Gasteiger partial charge in [-0.1, -0.05) is 0 Å². The van der Waals surface area contributed by atoms with Crippen LogP contribution >= 0.6 is 0 Å². The van der Waals surface area contributed by atoms with E-state index in [1.165, 1.54) is 6.92 Å². The van der Waals surface area contributed by atoms with Crippen molar-refractivity contribution in [2.24, 2.45) is 5.41 Å². The fraction of sp³-hybridized carbons (Fsp3) is 0.818. The first kappa shape index (κ1) is 14.9. The lowest BCUT2D eigenvalue weighted by atomic mass is 9.85. The molecule has 4 nitrogen and oxygen atoms in total. The lowest BCUT2D eigenvalue weighted by molar-refractivity contribution is -0.171. The summed E-state index contributed by atoms with van der Waals surface area (Å²) in [5, 5.41) is 0. The van der Waals surface area contributed by atoms with Gasteiger partial charge in [0, 0.05) is 0 Å². The second-order valence-electron chi connectivity index (χ2n) is 3.57. The minimum atomic E-state index is -1.39. The molecule has 0 aromatic rings. The number of halogens is 1. The van der Waals surface area contributed by atoms with Crippen molar-refractivity contribution in [2.75, 3.05) is 19.9 Å². The molecule has 16 heavy (non-hydrogen) atoms. The number of rotatable bonds is 7. The molecule has 0 aromatic carbocycles. The van der Waals surface area contributed by atoms with Gasteiger partial charge in [0.05, 0.1) is 19.9 Å². The van der Waals surface area contributed by atoms with Gasteiger partial charge in [-0.15, -0.1) is 0 Å². The van der Waals surface area contributed by atoms with E-state index >= 15 is 0 Å². The highest BCUT2D eigenvalue weighted by atomic mass is 19.1. The summed E-state index contributed by atoms with van der Waals surface area (Å²) >= 11 is 0. The first-order chi connectivity index (χ1) is 7.52. The van der Waals surface area contributed by atoms with Crippen molar-refractivity contribution in [2.45, 2.75) is 33.6 Å². The lowest BCUT2D eigenvalue weighted by Crippen LogP contribution is -2.39. The molecule has 0 unspecified atom stereocenters. The Hall–Kier alpha value is -1.13. The molecule has 0 atom stereocenters. The topological polar surface area (TPSA) is 52.6 Å². The molecule has 94 valence electrons. The lowest BCUT2D eigenvalue weighted by Gasteiger charge is -2.24. The zero-order chi connectivity index (χ0) is 12.6. The number of carbonyl (C=O) groups excluding carboxylic acids is 2. The summed E-state index contributed by atoms with van der Waals surface area (Å²) in [5.74, 6) is -1.30. The average molecular weight is 234 g/mol. The van der Waals surface area contributed by atoms with Crippen LogP contribution in [0.4, 0.5) is 4.39 Å². The van der Waals surface area contributed by atoms with Crippen LogP contribution in [0.3, 0.4) is 0 Å². The molecule has 0 rings (SSSR count). The summed E-state index contributed by atoms with van der Waals surface area (Å²) in [4.78, 5) is 23.3. The van der Waals surface area contributed by atoms with Crippen molar-refractivity contribution >= 4 is 11.9 Å². The van der Waals surface area contributed by atoms with Crippen LogP contribution in [0, 0.1) is 5.41 Å². The van der Waals surface area contributed by atoms with Crippen LogP contribution in [0.1, 0.15) is 33.6 Å². The van der Waals surface area contributed by atoms with Crippen LogP contribution in [-0.2, 0) is 19.1 Å². The van der Waals surface area contributed by atoms with Crippen molar-refractivity contribution in [3.8, 4) is 0 Å². The van der Waals surface area contributed by atoms with Gasteiger partial charge in [-0.3, -0.25) is 14.0 Å². The van der Waals surface area contributed by atoms with Gasteiger partial charge in [-0.25, -0.2) is 0 Å². The Bertz CT molecular complexity index is 222. The molecule has 0 bridgehead atoms. The first-order valence-electron chi connectivity index (χ1n) is 5.43. The summed E-state index contributed by atoms with van der Waals surface area (Å²) in [6.45, 7) is 4.53. The van der Waals surface area contributed by atoms with Crippen LogP contribution in [0.2, 0.25) is 0 Å². The highest BCUT2D eigenvalue weighted by Crippen LogP contribution is 2.27. The molecule has 0 N–H and O–H groups in total. The van der Waals surface area contributed by atoms with E-state index in [1.54, 1.807) is 13.8 Å². The summed E-state index contributed by atoms with van der Waals surface area (Å²) < 4.78 is 21.7. The molecular formula is C11H19FO4. The number of hydrogen-bond donors (Lipinski definition) is 0. The van der Waals surface area contributed by atoms with Crippen molar-refractivity contribution < 1.29 is 23.5 Å². The number of esters is 2. The second kappa shape index (κ2) is 7.19. The zero-order valence-corrected chi connectivity index (χ0v) is 10.0. The minimum Gasteiger partial charge on any atom is -0.465 e. The maximum absolute atomic E-state index is 12.1. The van der Waals surface area contributed by atoms with Gasteiger partial charge in [0.25, 0.3) is 0 Å². The van der Waals surface area contributed by atoms with E-state index in [9.17, 15) is 14.0 Å². The highest BCUT2D eigenvalue weighted by Gasteiger charge is 2.43. The van der Waals surface area contributed by atoms with Gasteiger partial charge in [0.15, 0.2) is 5.41 Å². The standard InChI is InChI=1S/C11H19FO4/c1-4-15-9(13)11(3,7-6-8-12)10(14)16-5-2/h4-8H2,1-3H3. The van der Waals surface area contributed by atoms with Crippen LogP contribution in [0.5, 0.6) is 0 Å². The molecule has 0 aromatic heterocycles. The number of ether oxygens (including phenoxy) is 2. The van der Waals surface area contributed by atoms with E-state index in [0.29, 0.717) is 0 Å². The Morgan fingerprint density at radius 3 is 1.88 bits per heavy atom. The van der Waals surface area contributed by atoms with Crippen molar-refractivity contribution in [1.82, 2.24) is 0 Å². The first-order valence-corrected chi connectivity index (χ1v) is 5.43. The summed E-state index contributed by atoms with van der Waals surface area (Å²) in [7, 11) is 0. The van der Waals surface area contributed by atoms with Gasteiger partial charge in [-0.05, 0) is 33.6 Å². The molecule has 0 saturated heterocycles. The van der Waals surface area contributed by atoms with Gasteiger partial charge in [-0.2, -0.15) is 0 Å². The van der Waals surface area contributed by atoms with Crippen molar-refractivity contribution in [3.05, 3.63) is 0 Å². The van der Waals surface area contributed by atoms with Gasteiger partial charge in [0.2, 0.25) is 0 Å². The number of carbonyl (C=O) groups is 2. The van der Waals surface area contributed by atoms with E-state index in [4.69, 9.17) is 9.47 Å². The largest absolute Gasteiger partial charge is 0.465 e. The molecule has 0 fully saturated rings. The quantitative estimate of drug-likeness (QED) is 0.498. The van der Waals surface area contributed by atoms with Crippen LogP contribution in [-0.4, -0.2) is 31.8 Å².